The molecule has 13 rings (SSSR count). The Bertz CT molecular complexity index is 4310. The van der Waals surface area contributed by atoms with E-state index in [4.69, 9.17) is 18.3 Å². The molecule has 0 N–H and O–H groups in total. The van der Waals surface area contributed by atoms with Crippen molar-refractivity contribution in [3.8, 4) is 22.3 Å². The summed E-state index contributed by atoms with van der Waals surface area (Å²) < 4.78 is 6.64. The molecule has 2 aliphatic rings. The number of nitrogens with zero attached hydrogens (tertiary/aromatic N) is 3. The molecule has 0 spiro atoms. The minimum atomic E-state index is -0.293. The van der Waals surface area contributed by atoms with Crippen LogP contribution in [0.2, 0.25) is 0 Å². The summed E-state index contributed by atoms with van der Waals surface area (Å²) in [5.74, 6) is 0. The molecule has 1 aromatic heterocycles. The fourth-order valence-corrected chi connectivity index (χ4v) is 13.0. The molecule has 0 fully saturated rings. The van der Waals surface area contributed by atoms with E-state index in [0.717, 1.165) is 95.4 Å². The second-order valence-corrected chi connectivity index (χ2v) is 27.1. The summed E-state index contributed by atoms with van der Waals surface area (Å²) in [7, 11) is 0. The summed E-state index contributed by atoms with van der Waals surface area (Å²) in [5.41, 5.74) is 25.6. The Morgan fingerprint density at radius 1 is 0.447 bits per heavy atom. The molecule has 7 heteroatoms. The maximum Gasteiger partial charge on any atom is 2.00 e. The standard InChI is InChI=1S/C78H72BN3O.2Cd/c1-49-64(77(9,10)11)44-46-67-72(49)82(59-41-33-55(34-42-59)76(6,7)8)73-50(2)65(78(12,13)14)48-69-71(73)79(67)66-45-43-60(80(57-39-31-54(32-40-57)75(3,4)5)56-35-27-52(28-36-56)51-21-16-15-17-22-51)47-68(66)81(69)58-37-29-53(30-38-58)61-24-20-25-63-62-23-18-19-26-70(62)83-74(61)63;;/h15-40,43-48H,1-2H2,3-14H3;;/q-4;2*+2. The number of rotatable bonds is 7. The van der Waals surface area contributed by atoms with Crippen LogP contribution >= 0.6 is 0 Å². The van der Waals surface area contributed by atoms with Gasteiger partial charge in [0.25, 0.3) is 0 Å². The number of para-hydroxylation sites is 2. The van der Waals surface area contributed by atoms with Gasteiger partial charge in [0.1, 0.15) is 11.2 Å². The third-order valence-corrected chi connectivity index (χ3v) is 17.3. The molecule has 0 radical (unpaired) electrons. The molecule has 85 heavy (non-hydrogen) atoms. The first-order valence-corrected chi connectivity index (χ1v) is 29.3. The van der Waals surface area contributed by atoms with Gasteiger partial charge < -0.3 is 31.2 Å². The summed E-state index contributed by atoms with van der Waals surface area (Å²) in [5, 5.41) is 2.23. The normalized spacial score (nSPS) is 13.0. The quantitative estimate of drug-likeness (QED) is 0.117. The van der Waals surface area contributed by atoms with Crippen LogP contribution in [0.25, 0.3) is 44.2 Å². The first-order chi connectivity index (χ1) is 39.5. The van der Waals surface area contributed by atoms with E-state index in [1.807, 2.05) is 6.07 Å². The third kappa shape index (κ3) is 10.4. The molecule has 0 bridgehead atoms. The Morgan fingerprint density at radius 3 is 1.64 bits per heavy atom. The number of benzene rings is 10. The molecular weight excluding hydrogens is 1230 g/mol. The van der Waals surface area contributed by atoms with Crippen molar-refractivity contribution in [3.05, 3.63) is 253 Å². The van der Waals surface area contributed by atoms with Crippen LogP contribution < -0.4 is 31.1 Å². The molecule has 412 valence electrons. The number of furan rings is 1. The monoisotopic (exact) mass is 1310 g/mol. The average molecular weight is 1300 g/mol. The molecule has 0 unspecified atom stereocenters. The smallest absolute Gasteiger partial charge is 0.463 e. The molecule has 11 aromatic rings. The number of fused-ring (bicyclic) bond motifs is 7. The van der Waals surface area contributed by atoms with Gasteiger partial charge in [0.15, 0.2) is 0 Å². The van der Waals surface area contributed by atoms with Crippen molar-refractivity contribution in [1.82, 2.24) is 0 Å². The molecule has 0 saturated carbocycles. The van der Waals surface area contributed by atoms with Crippen molar-refractivity contribution in [2.45, 2.75) is 105 Å². The third-order valence-electron chi connectivity index (χ3n) is 17.3. The van der Waals surface area contributed by atoms with E-state index in [1.54, 1.807) is 0 Å². The predicted molar refractivity (Wildman–Crippen MR) is 355 cm³/mol. The van der Waals surface area contributed by atoms with Crippen LogP contribution in [-0.4, -0.2) is 6.71 Å². The second-order valence-electron chi connectivity index (χ2n) is 27.1. The fraction of sp³-hybridized carbons (Fsp3) is 0.205. The summed E-state index contributed by atoms with van der Waals surface area (Å²) in [6, 6.07) is 79.0. The van der Waals surface area contributed by atoms with Gasteiger partial charge in [0, 0.05) is 50.5 Å². The Labute approximate surface area is 545 Å². The Kier molecular flexibility index (Phi) is 15.5. The summed E-state index contributed by atoms with van der Waals surface area (Å²) in [6.07, 6.45) is 0. The minimum absolute atomic E-state index is 0. The van der Waals surface area contributed by atoms with Gasteiger partial charge in [0.05, 0.1) is 0 Å². The molecule has 0 aliphatic carbocycles. The van der Waals surface area contributed by atoms with Gasteiger partial charge in [-0.05, 0) is 87.7 Å². The SMILES string of the molecule is [CH2-]c1c(C(C)(C)C)ccc2c1N(c1[c-]cc(C(C)(C)C)c[c-]1)c1c([CH2-])c(C(C)(C)C)cc3c1B2c1ccc(N(c2ccc(-c4ccccc4)cc2)c2ccc(C(C)(C)C)cc2)cc1N3c1ccc(-c2cccc3c2oc2ccccc23)cc1.[Cd+2].[Cd+2]. The van der Waals surface area contributed by atoms with Crippen molar-refractivity contribution in [2.24, 2.45) is 0 Å². The zero-order valence-electron chi connectivity index (χ0n) is 51.6. The fourth-order valence-electron chi connectivity index (χ4n) is 13.0. The second kappa shape index (κ2) is 22.1. The topological polar surface area (TPSA) is 22.9 Å². The van der Waals surface area contributed by atoms with Crippen LogP contribution in [0.4, 0.5) is 51.2 Å². The van der Waals surface area contributed by atoms with Gasteiger partial charge in [-0.3, -0.25) is 17.7 Å². The zero-order chi connectivity index (χ0) is 58.1. The Hall–Kier alpha value is -6.95. The van der Waals surface area contributed by atoms with Crippen molar-refractivity contribution >= 4 is 96.2 Å². The molecule has 3 heterocycles. The maximum atomic E-state index is 6.64. The van der Waals surface area contributed by atoms with Gasteiger partial charge >= 0.3 is 54.6 Å². The van der Waals surface area contributed by atoms with E-state index < -0.39 is 0 Å². The van der Waals surface area contributed by atoms with Gasteiger partial charge in [-0.15, -0.1) is 28.1 Å². The average Bonchev–Trinajstić information content (AvgIpc) is 1.18. The van der Waals surface area contributed by atoms with Crippen molar-refractivity contribution in [2.75, 3.05) is 14.7 Å². The summed E-state index contributed by atoms with van der Waals surface area (Å²) >= 11 is 0. The van der Waals surface area contributed by atoms with Crippen LogP contribution in [0.1, 0.15) is 116 Å². The van der Waals surface area contributed by atoms with E-state index in [0.29, 0.717) is 0 Å². The molecule has 10 aromatic carbocycles. The van der Waals surface area contributed by atoms with E-state index >= 15 is 0 Å². The molecule has 0 atom stereocenters. The van der Waals surface area contributed by atoms with Crippen molar-refractivity contribution in [1.29, 1.82) is 0 Å². The zero-order valence-corrected chi connectivity index (χ0v) is 59.7. The van der Waals surface area contributed by atoms with Gasteiger partial charge in [0.2, 0.25) is 6.71 Å². The number of hydrogen-bond acceptors (Lipinski definition) is 4. The summed E-state index contributed by atoms with van der Waals surface area (Å²) in [4.78, 5) is 7.37. The van der Waals surface area contributed by atoms with E-state index in [1.165, 1.54) is 49.8 Å². The molecular formula is C78H72BCd2N3O. The molecule has 0 amide bonds. The van der Waals surface area contributed by atoms with Crippen molar-refractivity contribution in [3.63, 3.8) is 0 Å². The predicted octanol–water partition coefficient (Wildman–Crippen LogP) is 19.6. The first kappa shape index (κ1) is 59.8. The van der Waals surface area contributed by atoms with E-state index in [2.05, 4.69) is 298 Å². The number of hydrogen-bond donors (Lipinski definition) is 0. The number of anilines is 9. The van der Waals surface area contributed by atoms with Crippen LogP contribution in [-0.2, 0) is 76.3 Å². The van der Waals surface area contributed by atoms with Gasteiger partial charge in [-0.25, -0.2) is 5.69 Å². The van der Waals surface area contributed by atoms with Crippen LogP contribution in [0.15, 0.2) is 199 Å². The summed E-state index contributed by atoms with van der Waals surface area (Å²) in [6.45, 7) is 37.4. The van der Waals surface area contributed by atoms with Crippen molar-refractivity contribution < 1.29 is 59.0 Å². The van der Waals surface area contributed by atoms with E-state index in [9.17, 15) is 0 Å². The Morgan fingerprint density at radius 2 is 1.00 bits per heavy atom. The van der Waals surface area contributed by atoms with Crippen LogP contribution in [0, 0.1) is 26.0 Å². The largest absolute Gasteiger partial charge is 2.00 e. The van der Waals surface area contributed by atoms with E-state index in [-0.39, 0.29) is 83.0 Å². The Balaban J connectivity index is 0.00000376. The first-order valence-electron chi connectivity index (χ1n) is 29.3. The molecule has 4 nitrogen and oxygen atoms in total. The van der Waals surface area contributed by atoms with Gasteiger partial charge in [-0.2, -0.15) is 25.0 Å². The van der Waals surface area contributed by atoms with Crippen LogP contribution in [0.5, 0.6) is 0 Å². The van der Waals surface area contributed by atoms with Gasteiger partial charge in [-0.1, -0.05) is 232 Å². The van der Waals surface area contributed by atoms with Crippen LogP contribution in [0.3, 0.4) is 0 Å². The maximum absolute atomic E-state index is 6.64. The minimum Gasteiger partial charge on any atom is -0.463 e. The molecule has 2 aliphatic heterocycles. The molecule has 0 saturated heterocycles.